The number of carboxylic acids is 1. The molecule has 0 saturated carbocycles. The van der Waals surface area contributed by atoms with Gasteiger partial charge in [-0.15, -0.1) is 0 Å². The number of amides is 2. The highest BCUT2D eigenvalue weighted by molar-refractivity contribution is 5.90. The molecule has 0 bridgehead atoms. The molecule has 2 heterocycles. The molecular formula is C17H20N2O6. The van der Waals surface area contributed by atoms with Crippen LogP contribution in [0.1, 0.15) is 32.8 Å². The van der Waals surface area contributed by atoms with Crippen LogP contribution in [-0.2, 0) is 19.9 Å². The molecule has 2 N–H and O–H groups in total. The van der Waals surface area contributed by atoms with Gasteiger partial charge in [0.2, 0.25) is 0 Å². The SMILES string of the molecule is CC(C)(C)OC(=O)N1C[C@]2(C[C@H]1C(=O)O)OC(=O)Nc1ccccc12. The van der Waals surface area contributed by atoms with Gasteiger partial charge in [0.05, 0.1) is 12.2 Å². The van der Waals surface area contributed by atoms with Crippen LogP contribution in [0, 0.1) is 0 Å². The van der Waals surface area contributed by atoms with Crippen LogP contribution in [0.4, 0.5) is 15.3 Å². The van der Waals surface area contributed by atoms with E-state index in [4.69, 9.17) is 9.47 Å². The van der Waals surface area contributed by atoms with Crippen LogP contribution in [0.15, 0.2) is 24.3 Å². The first-order valence-corrected chi connectivity index (χ1v) is 7.93. The lowest BCUT2D eigenvalue weighted by Crippen LogP contribution is -2.45. The van der Waals surface area contributed by atoms with E-state index in [2.05, 4.69) is 5.32 Å². The van der Waals surface area contributed by atoms with Crippen molar-refractivity contribution in [3.05, 3.63) is 29.8 Å². The van der Waals surface area contributed by atoms with Crippen molar-refractivity contribution < 1.29 is 29.0 Å². The summed E-state index contributed by atoms with van der Waals surface area (Å²) in [5.74, 6) is -1.17. The highest BCUT2D eigenvalue weighted by Crippen LogP contribution is 2.45. The Bertz CT molecular complexity index is 741. The summed E-state index contributed by atoms with van der Waals surface area (Å²) < 4.78 is 10.8. The summed E-state index contributed by atoms with van der Waals surface area (Å²) in [5, 5.41) is 12.1. The Morgan fingerprint density at radius 1 is 1.36 bits per heavy atom. The molecule has 1 spiro atoms. The van der Waals surface area contributed by atoms with Gasteiger partial charge in [-0.1, -0.05) is 18.2 Å². The molecule has 0 radical (unpaired) electrons. The summed E-state index contributed by atoms with van der Waals surface area (Å²) in [6, 6.07) is 5.85. The van der Waals surface area contributed by atoms with Gasteiger partial charge in [0.25, 0.3) is 0 Å². The zero-order valence-corrected chi connectivity index (χ0v) is 14.2. The van der Waals surface area contributed by atoms with Crippen molar-refractivity contribution in [3.8, 4) is 0 Å². The maximum atomic E-state index is 12.5. The number of para-hydroxylation sites is 1. The number of ether oxygens (including phenoxy) is 2. The number of nitrogens with one attached hydrogen (secondary N) is 1. The number of benzene rings is 1. The molecule has 1 aromatic rings. The molecule has 2 aliphatic heterocycles. The fourth-order valence-electron chi connectivity index (χ4n) is 3.23. The maximum absolute atomic E-state index is 12.5. The summed E-state index contributed by atoms with van der Waals surface area (Å²) in [5.41, 5.74) is -0.780. The van der Waals surface area contributed by atoms with Crippen LogP contribution in [0.2, 0.25) is 0 Å². The van der Waals surface area contributed by atoms with Crippen molar-refractivity contribution >= 4 is 23.8 Å². The van der Waals surface area contributed by atoms with E-state index in [1.54, 1.807) is 45.0 Å². The van der Waals surface area contributed by atoms with Gasteiger partial charge in [-0.25, -0.2) is 14.4 Å². The molecule has 0 aromatic heterocycles. The lowest BCUT2D eigenvalue weighted by molar-refractivity contribution is -0.142. The Kier molecular flexibility index (Phi) is 3.85. The van der Waals surface area contributed by atoms with Gasteiger partial charge in [0.1, 0.15) is 11.6 Å². The predicted octanol–water partition coefficient (Wildman–Crippen LogP) is 2.54. The Hall–Kier alpha value is -2.77. The number of likely N-dealkylation sites (tertiary alicyclic amines) is 1. The third kappa shape index (κ3) is 3.11. The minimum absolute atomic E-state index is 0.0357. The Balaban J connectivity index is 1.99. The van der Waals surface area contributed by atoms with Crippen molar-refractivity contribution in [2.75, 3.05) is 11.9 Å². The van der Waals surface area contributed by atoms with E-state index in [0.717, 1.165) is 4.90 Å². The van der Waals surface area contributed by atoms with Crippen molar-refractivity contribution in [2.24, 2.45) is 0 Å². The van der Waals surface area contributed by atoms with E-state index in [0.29, 0.717) is 11.3 Å². The van der Waals surface area contributed by atoms with Crippen LogP contribution in [0.25, 0.3) is 0 Å². The summed E-state index contributed by atoms with van der Waals surface area (Å²) in [4.78, 5) is 37.2. The summed E-state index contributed by atoms with van der Waals surface area (Å²) in [6.45, 7) is 5.02. The first-order chi connectivity index (χ1) is 11.6. The number of carbonyl (C=O) groups is 3. The molecule has 2 atom stereocenters. The minimum atomic E-state index is -1.21. The Morgan fingerprint density at radius 3 is 2.68 bits per heavy atom. The third-order valence-corrected chi connectivity index (χ3v) is 4.18. The molecule has 0 unspecified atom stereocenters. The van der Waals surface area contributed by atoms with E-state index in [9.17, 15) is 19.5 Å². The predicted molar refractivity (Wildman–Crippen MR) is 87.2 cm³/mol. The van der Waals surface area contributed by atoms with Gasteiger partial charge in [-0.05, 0) is 26.8 Å². The summed E-state index contributed by atoms with van der Waals surface area (Å²) in [6.07, 6.45) is -1.45. The van der Waals surface area contributed by atoms with E-state index < -0.39 is 35.4 Å². The average molecular weight is 348 g/mol. The largest absolute Gasteiger partial charge is 0.480 e. The van der Waals surface area contributed by atoms with Crippen molar-refractivity contribution in [1.29, 1.82) is 0 Å². The summed E-state index contributed by atoms with van der Waals surface area (Å²) in [7, 11) is 0. The highest BCUT2D eigenvalue weighted by atomic mass is 16.6. The smallest absolute Gasteiger partial charge is 0.412 e. The van der Waals surface area contributed by atoms with Crippen molar-refractivity contribution in [3.63, 3.8) is 0 Å². The fourth-order valence-corrected chi connectivity index (χ4v) is 3.23. The Labute approximate surface area is 144 Å². The third-order valence-electron chi connectivity index (χ3n) is 4.18. The first kappa shape index (κ1) is 17.1. The molecular weight excluding hydrogens is 328 g/mol. The highest BCUT2D eigenvalue weighted by Gasteiger charge is 2.55. The quantitative estimate of drug-likeness (QED) is 0.808. The van der Waals surface area contributed by atoms with Gasteiger partial charge < -0.3 is 14.6 Å². The number of anilines is 1. The van der Waals surface area contributed by atoms with Gasteiger partial charge in [0, 0.05) is 12.0 Å². The monoisotopic (exact) mass is 348 g/mol. The van der Waals surface area contributed by atoms with Gasteiger partial charge >= 0.3 is 18.2 Å². The van der Waals surface area contributed by atoms with Crippen LogP contribution in [0.5, 0.6) is 0 Å². The van der Waals surface area contributed by atoms with Crippen LogP contribution in [0.3, 0.4) is 0 Å². The first-order valence-electron chi connectivity index (χ1n) is 7.93. The number of hydrogen-bond donors (Lipinski definition) is 2. The van der Waals surface area contributed by atoms with Gasteiger partial charge in [-0.2, -0.15) is 0 Å². The summed E-state index contributed by atoms with van der Waals surface area (Å²) >= 11 is 0. The molecule has 8 nitrogen and oxygen atoms in total. The van der Waals surface area contributed by atoms with Gasteiger partial charge in [-0.3, -0.25) is 10.2 Å². The number of hydrogen-bond acceptors (Lipinski definition) is 5. The molecule has 134 valence electrons. The van der Waals surface area contributed by atoms with Crippen LogP contribution >= 0.6 is 0 Å². The average Bonchev–Trinajstić information content (AvgIpc) is 2.86. The number of nitrogens with zero attached hydrogens (tertiary/aromatic N) is 1. The fraction of sp³-hybridized carbons (Fsp3) is 0.471. The molecule has 1 fully saturated rings. The number of aliphatic carboxylic acids is 1. The lowest BCUT2D eigenvalue weighted by Gasteiger charge is -2.35. The lowest BCUT2D eigenvalue weighted by atomic mass is 9.88. The number of fused-ring (bicyclic) bond motifs is 2. The molecule has 2 aliphatic rings. The van der Waals surface area contributed by atoms with E-state index >= 15 is 0 Å². The molecule has 2 amide bonds. The van der Waals surface area contributed by atoms with E-state index in [1.807, 2.05) is 0 Å². The second-order valence-electron chi connectivity index (χ2n) is 7.22. The normalized spacial score (nSPS) is 25.2. The maximum Gasteiger partial charge on any atom is 0.412 e. The number of carbonyl (C=O) groups excluding carboxylic acids is 2. The van der Waals surface area contributed by atoms with Crippen LogP contribution < -0.4 is 5.32 Å². The topological polar surface area (TPSA) is 105 Å². The molecule has 25 heavy (non-hydrogen) atoms. The number of rotatable bonds is 1. The molecule has 0 aliphatic carbocycles. The zero-order valence-electron chi connectivity index (χ0n) is 14.2. The molecule has 8 heteroatoms. The van der Waals surface area contributed by atoms with Crippen molar-refractivity contribution in [1.82, 2.24) is 4.90 Å². The second kappa shape index (κ2) is 5.65. The molecule has 1 saturated heterocycles. The standard InChI is InChI=1S/C17H20N2O6/c1-16(2,3)25-15(23)19-9-17(8-12(19)13(20)21)10-6-4-5-7-11(10)18-14(22)24-17/h4-7,12H,8-9H2,1-3H3,(H,18,22)(H,20,21)/t12-,17-/m0/s1. The van der Waals surface area contributed by atoms with Gasteiger partial charge in [0.15, 0.2) is 5.60 Å². The Morgan fingerprint density at radius 2 is 2.04 bits per heavy atom. The molecule has 3 rings (SSSR count). The zero-order chi connectivity index (χ0) is 18.4. The van der Waals surface area contributed by atoms with E-state index in [-0.39, 0.29) is 13.0 Å². The molecule has 1 aromatic carbocycles. The second-order valence-corrected chi connectivity index (χ2v) is 7.22. The van der Waals surface area contributed by atoms with Crippen molar-refractivity contribution in [2.45, 2.75) is 44.4 Å². The minimum Gasteiger partial charge on any atom is -0.480 e. The number of carboxylic acid groups (broad SMARTS) is 1. The van der Waals surface area contributed by atoms with Crippen LogP contribution in [-0.4, -0.2) is 46.3 Å². The van der Waals surface area contributed by atoms with E-state index in [1.165, 1.54) is 0 Å².